The molecule has 1 unspecified atom stereocenters. The molecule has 0 spiro atoms. The van der Waals surface area contributed by atoms with E-state index in [1.807, 2.05) is 30.3 Å². The van der Waals surface area contributed by atoms with E-state index < -0.39 is 0 Å². The third-order valence-corrected chi connectivity index (χ3v) is 4.15. The van der Waals surface area contributed by atoms with Crippen LogP contribution in [0.1, 0.15) is 10.4 Å². The van der Waals surface area contributed by atoms with Crippen molar-refractivity contribution >= 4 is 31.0 Å². The first-order valence-corrected chi connectivity index (χ1v) is 7.32. The molecular weight excluding hydrogens is 295 g/mol. The van der Waals surface area contributed by atoms with Crippen molar-refractivity contribution in [3.05, 3.63) is 53.1 Å². The van der Waals surface area contributed by atoms with Gasteiger partial charge in [-0.15, -0.1) is 0 Å². The van der Waals surface area contributed by atoms with Crippen LogP contribution in [0.5, 0.6) is 11.5 Å². The molecule has 2 aromatic carbocycles. The lowest BCUT2D eigenvalue weighted by molar-refractivity contribution is 0.108. The van der Waals surface area contributed by atoms with E-state index in [-0.39, 0.29) is 14.1 Å². The van der Waals surface area contributed by atoms with Gasteiger partial charge in [0.05, 0.1) is 19.2 Å². The molecule has 0 aliphatic heterocycles. The van der Waals surface area contributed by atoms with Crippen molar-refractivity contribution in [2.75, 3.05) is 14.2 Å². The zero-order chi connectivity index (χ0) is 14.5. The van der Waals surface area contributed by atoms with Crippen molar-refractivity contribution in [3.63, 3.8) is 0 Å². The first-order valence-electron chi connectivity index (χ1n) is 5.94. The van der Waals surface area contributed by atoms with Gasteiger partial charge in [0.25, 0.3) is 0 Å². The zero-order valence-corrected chi connectivity index (χ0v) is 12.9. The van der Waals surface area contributed by atoms with Crippen LogP contribution in [0.25, 0.3) is 0 Å². The molecule has 2 aromatic rings. The van der Waals surface area contributed by atoms with Gasteiger partial charge in [-0.2, -0.15) is 0 Å². The molecule has 2 rings (SSSR count). The van der Waals surface area contributed by atoms with Gasteiger partial charge in [-0.1, -0.05) is 41.9 Å². The van der Waals surface area contributed by atoms with Gasteiger partial charge in [0, 0.05) is 0 Å². The molecule has 3 nitrogen and oxygen atoms in total. The summed E-state index contributed by atoms with van der Waals surface area (Å²) in [7, 11) is 3.00. The number of ether oxygens (including phenoxy) is 2. The fraction of sp³-hybridized carbons (Fsp3) is 0.133. The van der Waals surface area contributed by atoms with Gasteiger partial charge in [-0.3, -0.25) is 4.79 Å². The average Bonchev–Trinajstić information content (AvgIpc) is 2.47. The summed E-state index contributed by atoms with van der Waals surface area (Å²) in [5, 5.41) is 1.36. The summed E-state index contributed by atoms with van der Waals surface area (Å²) in [5.41, 5.74) is 0.331. The summed E-state index contributed by atoms with van der Waals surface area (Å²) in [4.78, 5) is 12.5. The lowest BCUT2D eigenvalue weighted by Gasteiger charge is -2.13. The van der Waals surface area contributed by atoms with Crippen molar-refractivity contribution in [3.8, 4) is 11.5 Å². The summed E-state index contributed by atoms with van der Waals surface area (Å²) < 4.78 is 10.5. The zero-order valence-electron chi connectivity index (χ0n) is 11.1. The quantitative estimate of drug-likeness (QED) is 0.793. The van der Waals surface area contributed by atoms with Crippen LogP contribution in [0.15, 0.2) is 42.5 Å². The fourth-order valence-electron chi connectivity index (χ4n) is 1.84. The number of carbonyl (C=O) groups excluding carboxylic acids is 1. The molecule has 0 radical (unpaired) electrons. The van der Waals surface area contributed by atoms with E-state index in [2.05, 4.69) is 0 Å². The minimum absolute atomic E-state index is 0.00667. The van der Waals surface area contributed by atoms with Crippen molar-refractivity contribution < 1.29 is 14.3 Å². The van der Waals surface area contributed by atoms with E-state index in [0.29, 0.717) is 22.1 Å². The summed E-state index contributed by atoms with van der Waals surface area (Å²) in [6.45, 7) is 0. The Labute approximate surface area is 124 Å². The topological polar surface area (TPSA) is 35.5 Å². The number of carbonyl (C=O) groups is 1. The third-order valence-electron chi connectivity index (χ3n) is 2.75. The molecule has 0 amide bonds. The second-order valence-corrected chi connectivity index (χ2v) is 5.67. The largest absolute Gasteiger partial charge is 0.496 e. The van der Waals surface area contributed by atoms with Crippen LogP contribution in [-0.4, -0.2) is 19.7 Å². The Morgan fingerprint density at radius 3 is 2.35 bits per heavy atom. The predicted molar refractivity (Wildman–Crippen MR) is 83.3 cm³/mol. The van der Waals surface area contributed by atoms with E-state index in [9.17, 15) is 4.79 Å². The normalized spacial score (nSPS) is 10.8. The minimum atomic E-state index is -0.0626. The van der Waals surface area contributed by atoms with Gasteiger partial charge >= 0.3 is 0 Å². The van der Waals surface area contributed by atoms with Crippen LogP contribution in [-0.2, 0) is 0 Å². The van der Waals surface area contributed by atoms with Crippen LogP contribution in [0.4, 0.5) is 0 Å². The third kappa shape index (κ3) is 3.12. The monoisotopic (exact) mass is 308 g/mol. The minimum Gasteiger partial charge on any atom is -0.496 e. The van der Waals surface area contributed by atoms with E-state index in [1.165, 1.54) is 14.2 Å². The van der Waals surface area contributed by atoms with E-state index in [1.54, 1.807) is 12.1 Å². The molecule has 0 saturated carbocycles. The van der Waals surface area contributed by atoms with Crippen LogP contribution >= 0.6 is 20.2 Å². The van der Waals surface area contributed by atoms with E-state index in [4.69, 9.17) is 21.1 Å². The molecule has 0 bridgehead atoms. The Morgan fingerprint density at radius 2 is 1.75 bits per heavy atom. The molecule has 104 valence electrons. The smallest absolute Gasteiger partial charge is 0.193 e. The van der Waals surface area contributed by atoms with Gasteiger partial charge in [-0.25, -0.2) is 0 Å². The first kappa shape index (κ1) is 14.8. The molecule has 0 fully saturated rings. The number of hydrogen-bond donors (Lipinski definition) is 0. The van der Waals surface area contributed by atoms with E-state index >= 15 is 0 Å². The van der Waals surface area contributed by atoms with Crippen molar-refractivity contribution in [2.45, 2.75) is 0 Å². The maximum absolute atomic E-state index is 12.5. The van der Waals surface area contributed by atoms with Gasteiger partial charge < -0.3 is 9.47 Å². The first-order chi connectivity index (χ1) is 9.67. The number of hydrogen-bond acceptors (Lipinski definition) is 3. The van der Waals surface area contributed by atoms with Crippen molar-refractivity contribution in [1.82, 2.24) is 0 Å². The van der Waals surface area contributed by atoms with Crippen molar-refractivity contribution in [1.29, 1.82) is 0 Å². The summed E-state index contributed by atoms with van der Waals surface area (Å²) in [6, 6.07) is 12.9. The second kappa shape index (κ2) is 6.74. The Bertz CT molecular complexity index is 614. The fourth-order valence-corrected chi connectivity index (χ4v) is 3.06. The highest BCUT2D eigenvalue weighted by Gasteiger charge is 2.21. The van der Waals surface area contributed by atoms with Gasteiger partial charge in [0.15, 0.2) is 11.3 Å². The van der Waals surface area contributed by atoms with Gasteiger partial charge in [0.1, 0.15) is 11.3 Å². The lowest BCUT2D eigenvalue weighted by Crippen LogP contribution is -2.05. The Kier molecular flexibility index (Phi) is 4.99. The maximum Gasteiger partial charge on any atom is 0.193 e. The van der Waals surface area contributed by atoms with Gasteiger partial charge in [-0.05, 0) is 26.0 Å². The number of halogens is 1. The average molecular weight is 309 g/mol. The van der Waals surface area contributed by atoms with Crippen LogP contribution in [0.2, 0.25) is 5.02 Å². The molecule has 20 heavy (non-hydrogen) atoms. The summed E-state index contributed by atoms with van der Waals surface area (Å²) in [5.74, 6) is 0.833. The Balaban J connectivity index is 2.40. The number of methoxy groups -OCH3 is 2. The SMILES string of the molecule is COc1ccc(Cl)c(OC)c1C(=O)Pc1ccccc1. The second-order valence-electron chi connectivity index (χ2n) is 3.98. The highest BCUT2D eigenvalue weighted by Crippen LogP contribution is 2.38. The maximum atomic E-state index is 12.5. The van der Waals surface area contributed by atoms with Crippen LogP contribution in [0.3, 0.4) is 0 Å². The summed E-state index contributed by atoms with van der Waals surface area (Å²) in [6.07, 6.45) is 0. The molecule has 0 aromatic heterocycles. The number of benzene rings is 2. The highest BCUT2D eigenvalue weighted by atomic mass is 35.5. The Morgan fingerprint density at radius 1 is 1.05 bits per heavy atom. The lowest BCUT2D eigenvalue weighted by atomic mass is 10.2. The highest BCUT2D eigenvalue weighted by molar-refractivity contribution is 7.66. The molecule has 0 N–H and O–H groups in total. The molecular formula is C15H14ClO3P. The predicted octanol–water partition coefficient (Wildman–Crippen LogP) is 3.50. The molecule has 0 aliphatic carbocycles. The number of rotatable bonds is 5. The molecule has 0 heterocycles. The van der Waals surface area contributed by atoms with Crippen molar-refractivity contribution in [2.24, 2.45) is 0 Å². The molecule has 0 saturated heterocycles. The summed E-state index contributed by atoms with van der Waals surface area (Å²) >= 11 is 6.08. The van der Waals surface area contributed by atoms with Crippen LogP contribution in [0, 0.1) is 0 Å². The Hall–Kier alpha value is -1.57. The molecule has 1 atom stereocenters. The van der Waals surface area contributed by atoms with Crippen LogP contribution < -0.4 is 14.8 Å². The van der Waals surface area contributed by atoms with Gasteiger partial charge in [0.2, 0.25) is 0 Å². The van der Waals surface area contributed by atoms with E-state index in [0.717, 1.165) is 5.30 Å². The molecule has 5 heteroatoms. The standard InChI is InChI=1S/C15H14ClO3P/c1-18-12-9-8-11(16)14(19-2)13(12)15(17)20-10-6-4-3-5-7-10/h3-9,20H,1-2H3. The molecule has 0 aliphatic rings.